The van der Waals surface area contributed by atoms with Crippen molar-refractivity contribution in [1.82, 2.24) is 20.4 Å². The predicted octanol–water partition coefficient (Wildman–Crippen LogP) is 2.90. The molecule has 2 aliphatic rings. The van der Waals surface area contributed by atoms with Gasteiger partial charge in [0.1, 0.15) is 6.04 Å². The molecule has 0 spiro atoms. The molecule has 2 aliphatic heterocycles. The van der Waals surface area contributed by atoms with Crippen LogP contribution in [0.25, 0.3) is 0 Å². The minimum atomic E-state index is -0.689. The molecule has 4 rings (SSSR count). The molecule has 2 bridgehead atoms. The van der Waals surface area contributed by atoms with E-state index in [-0.39, 0.29) is 24.3 Å². The molecule has 244 valence electrons. The molecule has 4 amide bonds. The van der Waals surface area contributed by atoms with Crippen LogP contribution in [0.1, 0.15) is 56.6 Å². The standard InChI is InChI=1S/C34H47N5O6/c1-25-34(43)37(2)18-4-5-19-38(23-27-9-13-28(14-10-27)39-21-6-8-33(39)42)20-7-17-35-31(40)16-12-26-11-15-29(44-3)30(22-26)45-24-32(41)36-25/h9-11,13-15,22,25H,4-8,12,16-21,23-24H2,1-3H3,(H,35,40)(H,36,41)/t25-/m0/s1. The smallest absolute Gasteiger partial charge is 0.258 e. The number of benzene rings is 2. The molecule has 2 aromatic carbocycles. The first-order valence-electron chi connectivity index (χ1n) is 16.0. The zero-order chi connectivity index (χ0) is 32.2. The van der Waals surface area contributed by atoms with E-state index in [2.05, 4.69) is 27.7 Å². The zero-order valence-corrected chi connectivity index (χ0v) is 26.8. The Morgan fingerprint density at radius 1 is 0.867 bits per heavy atom. The van der Waals surface area contributed by atoms with Gasteiger partial charge in [-0.15, -0.1) is 0 Å². The fraction of sp³-hybridized carbons (Fsp3) is 0.529. The molecule has 1 atom stereocenters. The van der Waals surface area contributed by atoms with Crippen molar-refractivity contribution in [2.45, 2.75) is 64.5 Å². The number of nitrogens with zero attached hydrogens (tertiary/aromatic N) is 3. The van der Waals surface area contributed by atoms with E-state index in [1.807, 2.05) is 23.1 Å². The summed E-state index contributed by atoms with van der Waals surface area (Å²) in [5, 5.41) is 5.77. The van der Waals surface area contributed by atoms with Crippen molar-refractivity contribution in [1.29, 1.82) is 0 Å². The number of fused-ring (bicyclic) bond motifs is 2. The quantitative estimate of drug-likeness (QED) is 0.539. The summed E-state index contributed by atoms with van der Waals surface area (Å²) in [5.74, 6) is 0.482. The molecule has 0 saturated carbocycles. The number of nitrogens with one attached hydrogen (secondary N) is 2. The molecule has 11 nitrogen and oxygen atoms in total. The van der Waals surface area contributed by atoms with Gasteiger partial charge in [0.05, 0.1) is 7.11 Å². The highest BCUT2D eigenvalue weighted by molar-refractivity contribution is 5.95. The van der Waals surface area contributed by atoms with E-state index in [0.29, 0.717) is 43.9 Å². The van der Waals surface area contributed by atoms with Crippen LogP contribution in [0.3, 0.4) is 0 Å². The van der Waals surface area contributed by atoms with Crippen molar-refractivity contribution in [3.05, 3.63) is 53.6 Å². The lowest BCUT2D eigenvalue weighted by atomic mass is 10.1. The first-order chi connectivity index (χ1) is 21.7. The lowest BCUT2D eigenvalue weighted by Crippen LogP contribution is -2.47. The van der Waals surface area contributed by atoms with Crippen LogP contribution < -0.4 is 25.0 Å². The van der Waals surface area contributed by atoms with Crippen LogP contribution in [-0.2, 0) is 32.1 Å². The third-order valence-corrected chi connectivity index (χ3v) is 8.27. The summed E-state index contributed by atoms with van der Waals surface area (Å²) in [6, 6.07) is 12.9. The molecule has 0 aromatic heterocycles. The van der Waals surface area contributed by atoms with Crippen molar-refractivity contribution in [3.8, 4) is 11.5 Å². The third kappa shape index (κ3) is 10.2. The first kappa shape index (κ1) is 33.8. The van der Waals surface area contributed by atoms with E-state index in [1.54, 1.807) is 31.0 Å². The molecule has 45 heavy (non-hydrogen) atoms. The Morgan fingerprint density at radius 3 is 2.36 bits per heavy atom. The van der Waals surface area contributed by atoms with Gasteiger partial charge in [-0.1, -0.05) is 18.2 Å². The van der Waals surface area contributed by atoms with Crippen molar-refractivity contribution >= 4 is 29.3 Å². The van der Waals surface area contributed by atoms with Crippen LogP contribution in [0.15, 0.2) is 42.5 Å². The van der Waals surface area contributed by atoms with Crippen molar-refractivity contribution < 1.29 is 28.7 Å². The highest BCUT2D eigenvalue weighted by atomic mass is 16.5. The van der Waals surface area contributed by atoms with Crippen LogP contribution in [0.5, 0.6) is 11.5 Å². The number of hydrogen-bond acceptors (Lipinski definition) is 7. The number of hydrogen-bond donors (Lipinski definition) is 2. The maximum Gasteiger partial charge on any atom is 0.258 e. The number of aryl methyl sites for hydroxylation is 1. The summed E-state index contributed by atoms with van der Waals surface area (Å²) < 4.78 is 11.1. The van der Waals surface area contributed by atoms with Crippen LogP contribution in [0.4, 0.5) is 5.69 Å². The third-order valence-electron chi connectivity index (χ3n) is 8.27. The van der Waals surface area contributed by atoms with Gasteiger partial charge in [0.2, 0.25) is 17.7 Å². The second-order valence-corrected chi connectivity index (χ2v) is 11.8. The Hall–Kier alpha value is -4.12. The fourth-order valence-corrected chi connectivity index (χ4v) is 5.71. The van der Waals surface area contributed by atoms with E-state index in [9.17, 15) is 19.2 Å². The summed E-state index contributed by atoms with van der Waals surface area (Å²) in [5.41, 5.74) is 2.99. The first-order valence-corrected chi connectivity index (χ1v) is 16.0. The highest BCUT2D eigenvalue weighted by Crippen LogP contribution is 2.28. The number of carbonyl (C=O) groups excluding carboxylic acids is 4. The topological polar surface area (TPSA) is 121 Å². The van der Waals surface area contributed by atoms with Crippen molar-refractivity contribution in [2.24, 2.45) is 0 Å². The molecule has 2 heterocycles. The monoisotopic (exact) mass is 621 g/mol. The van der Waals surface area contributed by atoms with Crippen LogP contribution >= 0.6 is 0 Å². The molecule has 2 aromatic rings. The predicted molar refractivity (Wildman–Crippen MR) is 172 cm³/mol. The molecule has 0 radical (unpaired) electrons. The fourth-order valence-electron chi connectivity index (χ4n) is 5.71. The largest absolute Gasteiger partial charge is 0.493 e. The molecule has 0 aliphatic carbocycles. The van der Waals surface area contributed by atoms with Crippen LogP contribution in [0.2, 0.25) is 0 Å². The van der Waals surface area contributed by atoms with Gasteiger partial charge >= 0.3 is 0 Å². The minimum Gasteiger partial charge on any atom is -0.493 e. The second kappa shape index (κ2) is 16.8. The normalized spacial score (nSPS) is 20.5. The van der Waals surface area contributed by atoms with Crippen molar-refractivity contribution in [2.75, 3.05) is 58.4 Å². The maximum absolute atomic E-state index is 12.9. The van der Waals surface area contributed by atoms with E-state index in [0.717, 1.165) is 68.7 Å². The number of methoxy groups -OCH3 is 1. The lowest BCUT2D eigenvalue weighted by Gasteiger charge is -2.25. The molecule has 0 unspecified atom stereocenters. The average molecular weight is 622 g/mol. The molecule has 2 N–H and O–H groups in total. The minimum absolute atomic E-state index is 0.0184. The molecular weight excluding hydrogens is 574 g/mol. The molecule has 1 fully saturated rings. The Labute approximate surface area is 266 Å². The Bertz CT molecular complexity index is 1320. The highest BCUT2D eigenvalue weighted by Gasteiger charge is 2.22. The summed E-state index contributed by atoms with van der Waals surface area (Å²) in [7, 11) is 3.28. The second-order valence-electron chi connectivity index (χ2n) is 11.8. The van der Waals surface area contributed by atoms with Gasteiger partial charge in [0, 0.05) is 58.3 Å². The summed E-state index contributed by atoms with van der Waals surface area (Å²) >= 11 is 0. The van der Waals surface area contributed by atoms with Gasteiger partial charge in [-0.05, 0) is 81.0 Å². The number of rotatable bonds is 4. The number of ether oxygens (including phenoxy) is 2. The van der Waals surface area contributed by atoms with E-state index >= 15 is 0 Å². The number of likely N-dealkylation sites (N-methyl/N-ethyl adjacent to an activating group) is 1. The van der Waals surface area contributed by atoms with Gasteiger partial charge in [0.25, 0.3) is 5.91 Å². The zero-order valence-electron chi connectivity index (χ0n) is 26.8. The van der Waals surface area contributed by atoms with Crippen molar-refractivity contribution in [3.63, 3.8) is 0 Å². The lowest BCUT2D eigenvalue weighted by molar-refractivity contribution is -0.135. The SMILES string of the molecule is COc1ccc2cc1OCC(=O)N[C@@H](C)C(=O)N(C)CCCCN(Cc1ccc(N3CCCC3=O)cc1)CCCNC(=O)CC2. The van der Waals surface area contributed by atoms with Crippen LogP contribution in [-0.4, -0.2) is 93.0 Å². The van der Waals surface area contributed by atoms with Crippen LogP contribution in [0, 0.1) is 0 Å². The van der Waals surface area contributed by atoms with Gasteiger partial charge in [-0.25, -0.2) is 0 Å². The van der Waals surface area contributed by atoms with E-state index < -0.39 is 11.9 Å². The molecular formula is C34H47N5O6. The van der Waals surface area contributed by atoms with E-state index in [1.165, 1.54) is 7.11 Å². The summed E-state index contributed by atoms with van der Waals surface area (Å²) in [4.78, 5) is 56.2. The number of anilines is 1. The van der Waals surface area contributed by atoms with Gasteiger partial charge in [-0.3, -0.25) is 24.1 Å². The average Bonchev–Trinajstić information content (AvgIpc) is 3.47. The van der Waals surface area contributed by atoms with Gasteiger partial charge < -0.3 is 29.9 Å². The number of amides is 4. The Kier molecular flexibility index (Phi) is 12.6. The van der Waals surface area contributed by atoms with Gasteiger partial charge in [-0.2, -0.15) is 0 Å². The Morgan fingerprint density at radius 2 is 1.62 bits per heavy atom. The summed E-state index contributed by atoms with van der Waals surface area (Å²) in [6.07, 6.45) is 4.86. The Balaban J connectivity index is 1.40. The molecule has 1 saturated heterocycles. The van der Waals surface area contributed by atoms with Gasteiger partial charge in [0.15, 0.2) is 18.1 Å². The maximum atomic E-state index is 12.9. The molecule has 11 heteroatoms. The van der Waals surface area contributed by atoms with E-state index in [4.69, 9.17) is 9.47 Å². The number of carbonyl (C=O) groups is 4. The summed E-state index contributed by atoms with van der Waals surface area (Å²) in [6.45, 7) is 5.73.